The maximum atomic E-state index is 12.4. The van der Waals surface area contributed by atoms with Gasteiger partial charge in [0.05, 0.1) is 12.6 Å². The number of carbonyl (C=O) groups excluding carboxylic acids is 1. The molecule has 3 heterocycles. The van der Waals surface area contributed by atoms with Crippen molar-refractivity contribution in [1.82, 2.24) is 23.8 Å². The molecule has 12 heteroatoms. The van der Waals surface area contributed by atoms with E-state index in [0.717, 1.165) is 24.7 Å². The maximum Gasteiger partial charge on any atom is 0.304 e. The Morgan fingerprint density at radius 2 is 2.07 bits per heavy atom. The van der Waals surface area contributed by atoms with Gasteiger partial charge < -0.3 is 9.15 Å². The maximum absolute atomic E-state index is 12.4. The molecule has 2 aromatic heterocycles. The Morgan fingerprint density at radius 3 is 2.83 bits per heavy atom. The fourth-order valence-corrected chi connectivity index (χ4v) is 4.33. The summed E-state index contributed by atoms with van der Waals surface area (Å²) in [7, 11) is -3.98. The monoisotopic (exact) mass is 424 g/mol. The van der Waals surface area contributed by atoms with Gasteiger partial charge >= 0.3 is 16.2 Å². The Kier molecular flexibility index (Phi) is 5.56. The quantitative estimate of drug-likeness (QED) is 0.710. The lowest BCUT2D eigenvalue weighted by Crippen LogP contribution is -2.44. The molecule has 0 bridgehead atoms. The molecule has 0 radical (unpaired) electrons. The van der Waals surface area contributed by atoms with Crippen molar-refractivity contribution in [3.8, 4) is 0 Å². The zero-order chi connectivity index (χ0) is 20.4. The lowest BCUT2D eigenvalue weighted by atomic mass is 9.93. The van der Waals surface area contributed by atoms with Gasteiger partial charge in [-0.05, 0) is 32.6 Å². The SMILES string of the molecule is Cc1cn(C2CCC2)nc1Nc1nc(C(=O)NS(=O)(=O)N2CCCOCC2)co1. The molecule has 2 N–H and O–H groups in total. The summed E-state index contributed by atoms with van der Waals surface area (Å²) in [4.78, 5) is 16.4. The lowest BCUT2D eigenvalue weighted by molar-refractivity contribution is 0.0973. The van der Waals surface area contributed by atoms with Crippen LogP contribution < -0.4 is 10.0 Å². The van der Waals surface area contributed by atoms with Crippen LogP contribution in [-0.2, 0) is 14.9 Å². The summed E-state index contributed by atoms with van der Waals surface area (Å²) >= 11 is 0. The first kappa shape index (κ1) is 19.9. The molecule has 2 aliphatic rings. The van der Waals surface area contributed by atoms with Crippen LogP contribution in [0, 0.1) is 6.92 Å². The van der Waals surface area contributed by atoms with Crippen LogP contribution in [0.15, 0.2) is 16.9 Å². The van der Waals surface area contributed by atoms with E-state index in [1.807, 2.05) is 22.5 Å². The van der Waals surface area contributed by atoms with Gasteiger partial charge in [-0.2, -0.15) is 22.8 Å². The molecule has 1 saturated heterocycles. The minimum atomic E-state index is -3.98. The van der Waals surface area contributed by atoms with Crippen LogP contribution in [0.25, 0.3) is 0 Å². The van der Waals surface area contributed by atoms with Crippen LogP contribution >= 0.6 is 0 Å². The highest BCUT2D eigenvalue weighted by molar-refractivity contribution is 7.87. The number of aromatic nitrogens is 3. The van der Waals surface area contributed by atoms with Gasteiger partial charge in [0.1, 0.15) is 6.26 Å². The van der Waals surface area contributed by atoms with Crippen LogP contribution in [0.3, 0.4) is 0 Å². The first-order valence-corrected chi connectivity index (χ1v) is 11.0. The molecule has 0 atom stereocenters. The van der Waals surface area contributed by atoms with Crippen LogP contribution in [0.2, 0.25) is 0 Å². The topological polar surface area (TPSA) is 132 Å². The number of rotatable bonds is 6. The number of amides is 1. The van der Waals surface area contributed by atoms with Gasteiger partial charge in [0.15, 0.2) is 11.5 Å². The van der Waals surface area contributed by atoms with Gasteiger partial charge in [-0.3, -0.25) is 14.8 Å². The summed E-state index contributed by atoms with van der Waals surface area (Å²) in [5.74, 6) is -0.272. The molecule has 0 spiro atoms. The molecule has 29 heavy (non-hydrogen) atoms. The zero-order valence-electron chi connectivity index (χ0n) is 16.1. The second-order valence-corrected chi connectivity index (χ2v) is 8.86. The average molecular weight is 424 g/mol. The van der Waals surface area contributed by atoms with E-state index in [1.165, 1.54) is 10.7 Å². The summed E-state index contributed by atoms with van der Waals surface area (Å²) < 4.78 is 40.5. The smallest absolute Gasteiger partial charge is 0.304 e. The number of oxazole rings is 1. The van der Waals surface area contributed by atoms with E-state index in [2.05, 4.69) is 15.4 Å². The van der Waals surface area contributed by atoms with Crippen LogP contribution in [0.5, 0.6) is 0 Å². The average Bonchev–Trinajstić information content (AvgIpc) is 3.10. The van der Waals surface area contributed by atoms with Crippen molar-refractivity contribution < 1.29 is 22.4 Å². The van der Waals surface area contributed by atoms with Crippen LogP contribution in [0.4, 0.5) is 11.8 Å². The Morgan fingerprint density at radius 1 is 1.24 bits per heavy atom. The molecule has 0 aromatic carbocycles. The number of nitrogens with one attached hydrogen (secondary N) is 2. The molecule has 11 nitrogen and oxygen atoms in total. The molecule has 2 aromatic rings. The predicted octanol–water partition coefficient (Wildman–Crippen LogP) is 1.35. The van der Waals surface area contributed by atoms with Crippen molar-refractivity contribution in [3.05, 3.63) is 23.7 Å². The second-order valence-electron chi connectivity index (χ2n) is 7.19. The molecular formula is C17H24N6O5S. The highest BCUT2D eigenvalue weighted by Crippen LogP contribution is 2.32. The Hall–Kier alpha value is -2.44. The number of carbonyl (C=O) groups is 1. The van der Waals surface area contributed by atoms with Gasteiger partial charge in [0.2, 0.25) is 0 Å². The van der Waals surface area contributed by atoms with Gasteiger partial charge in [0, 0.05) is 31.5 Å². The van der Waals surface area contributed by atoms with E-state index in [0.29, 0.717) is 31.5 Å². The highest BCUT2D eigenvalue weighted by atomic mass is 32.2. The summed E-state index contributed by atoms with van der Waals surface area (Å²) in [5.41, 5.74) is 0.783. The number of nitrogens with zero attached hydrogens (tertiary/aromatic N) is 4. The summed E-state index contributed by atoms with van der Waals surface area (Å²) in [6.07, 6.45) is 7.07. The van der Waals surface area contributed by atoms with E-state index in [1.54, 1.807) is 0 Å². The fraction of sp³-hybridized carbons (Fsp3) is 0.588. The van der Waals surface area contributed by atoms with E-state index < -0.39 is 16.1 Å². The van der Waals surface area contributed by atoms with Crippen LogP contribution in [0.1, 0.15) is 47.8 Å². The number of aryl methyl sites for hydroxylation is 1. The molecule has 1 aliphatic carbocycles. The largest absolute Gasteiger partial charge is 0.431 e. The molecule has 0 unspecified atom stereocenters. The third-order valence-electron chi connectivity index (χ3n) is 5.07. The first-order valence-electron chi connectivity index (χ1n) is 9.60. The molecule has 1 amide bonds. The van der Waals surface area contributed by atoms with Crippen LogP contribution in [-0.4, -0.2) is 59.7 Å². The van der Waals surface area contributed by atoms with Gasteiger partial charge in [-0.15, -0.1) is 0 Å². The van der Waals surface area contributed by atoms with Crippen molar-refractivity contribution >= 4 is 27.9 Å². The number of ether oxygens (including phenoxy) is 1. The summed E-state index contributed by atoms with van der Waals surface area (Å²) in [5, 5.41) is 7.44. The van der Waals surface area contributed by atoms with Gasteiger partial charge in [0.25, 0.3) is 5.91 Å². The van der Waals surface area contributed by atoms with Crippen molar-refractivity contribution in [2.24, 2.45) is 0 Å². The molecule has 1 aliphatic heterocycles. The fourth-order valence-electron chi connectivity index (χ4n) is 3.18. The van der Waals surface area contributed by atoms with Crippen molar-refractivity contribution in [3.63, 3.8) is 0 Å². The first-order chi connectivity index (χ1) is 13.9. The summed E-state index contributed by atoms with van der Waals surface area (Å²) in [6, 6.07) is 0.488. The normalized spacial score (nSPS) is 18.8. The summed E-state index contributed by atoms with van der Waals surface area (Å²) in [6.45, 7) is 3.18. The van der Waals surface area contributed by atoms with Gasteiger partial charge in [-0.1, -0.05) is 0 Å². The molecule has 158 valence electrons. The number of hydrogen-bond donors (Lipinski definition) is 2. The minimum absolute atomic E-state index is 0.0673. The highest BCUT2D eigenvalue weighted by Gasteiger charge is 2.27. The van der Waals surface area contributed by atoms with E-state index >= 15 is 0 Å². The van der Waals surface area contributed by atoms with Gasteiger partial charge in [-0.25, -0.2) is 4.72 Å². The standard InChI is InChI=1S/C17H24N6O5S/c1-12-10-23(13-4-2-5-13)20-15(12)19-17-18-14(11-28-17)16(24)21-29(25,26)22-6-3-8-27-9-7-22/h10-11,13H,2-9H2,1H3,(H,21,24)(H,18,19,20). The number of hydrogen-bond acceptors (Lipinski definition) is 8. The molecular weight excluding hydrogens is 400 g/mol. The van der Waals surface area contributed by atoms with Crippen molar-refractivity contribution in [2.45, 2.75) is 38.6 Å². The Bertz CT molecular complexity index is 972. The third kappa shape index (κ3) is 4.43. The second kappa shape index (κ2) is 8.13. The third-order valence-corrected chi connectivity index (χ3v) is 6.56. The van der Waals surface area contributed by atoms with Crippen molar-refractivity contribution in [1.29, 1.82) is 0 Å². The van der Waals surface area contributed by atoms with E-state index in [-0.39, 0.29) is 24.8 Å². The molecule has 1 saturated carbocycles. The predicted molar refractivity (Wildman–Crippen MR) is 103 cm³/mol. The van der Waals surface area contributed by atoms with E-state index in [9.17, 15) is 13.2 Å². The zero-order valence-corrected chi connectivity index (χ0v) is 16.9. The number of anilines is 2. The molecule has 4 rings (SSSR count). The Balaban J connectivity index is 1.40. The van der Waals surface area contributed by atoms with E-state index in [4.69, 9.17) is 9.15 Å². The molecule has 2 fully saturated rings. The van der Waals surface area contributed by atoms with Crippen molar-refractivity contribution in [2.75, 3.05) is 31.6 Å². The Labute approximate surface area is 168 Å². The minimum Gasteiger partial charge on any atom is -0.431 e. The lowest BCUT2D eigenvalue weighted by Gasteiger charge is -2.25.